The van der Waals surface area contributed by atoms with Crippen molar-refractivity contribution in [3.05, 3.63) is 35.0 Å². The van der Waals surface area contributed by atoms with Gasteiger partial charge < -0.3 is 9.72 Å². The predicted octanol–water partition coefficient (Wildman–Crippen LogP) is 3.49. The average Bonchev–Trinajstić information content (AvgIpc) is 2.92. The number of ether oxygens (including phenoxy) is 1. The molecule has 0 unspecified atom stereocenters. The van der Waals surface area contributed by atoms with Crippen molar-refractivity contribution in [2.75, 3.05) is 0 Å². The quantitative estimate of drug-likeness (QED) is 0.863. The fourth-order valence-corrected chi connectivity index (χ4v) is 3.19. The molecule has 1 aromatic heterocycles. The molecule has 0 saturated heterocycles. The van der Waals surface area contributed by atoms with Gasteiger partial charge in [0.15, 0.2) is 0 Å². The molecule has 114 valence electrons. The summed E-state index contributed by atoms with van der Waals surface area (Å²) in [6, 6.07) is 7.89. The van der Waals surface area contributed by atoms with Gasteiger partial charge in [0.05, 0.1) is 11.6 Å². The standard InChI is InChI=1S/C18H20N2O2/c1-18(2,3)22-17(21)9-12-7-14-13-6-11(10-19)4-5-15(13)20-16(14)8-12/h4-6,12,20H,7-9H2,1-3H3/t12-/m0/s1. The number of benzene rings is 1. The molecular weight excluding hydrogens is 276 g/mol. The van der Waals surface area contributed by atoms with E-state index in [0.717, 1.165) is 23.7 Å². The van der Waals surface area contributed by atoms with Crippen molar-refractivity contribution >= 4 is 16.9 Å². The molecule has 0 fully saturated rings. The molecule has 4 nitrogen and oxygen atoms in total. The molecule has 1 atom stereocenters. The van der Waals surface area contributed by atoms with Crippen LogP contribution in [-0.2, 0) is 22.4 Å². The lowest BCUT2D eigenvalue weighted by Gasteiger charge is -2.20. The third-order valence-corrected chi connectivity index (χ3v) is 3.98. The zero-order chi connectivity index (χ0) is 15.9. The highest BCUT2D eigenvalue weighted by molar-refractivity contribution is 5.86. The van der Waals surface area contributed by atoms with Gasteiger partial charge in [-0.05, 0) is 63.3 Å². The van der Waals surface area contributed by atoms with Crippen LogP contribution in [0.25, 0.3) is 10.9 Å². The van der Waals surface area contributed by atoms with Crippen LogP contribution in [0, 0.1) is 17.2 Å². The number of aromatic nitrogens is 1. The lowest BCUT2D eigenvalue weighted by molar-refractivity contribution is -0.155. The fourth-order valence-electron chi connectivity index (χ4n) is 3.19. The minimum Gasteiger partial charge on any atom is -0.460 e. The maximum Gasteiger partial charge on any atom is 0.306 e. The Kier molecular flexibility index (Phi) is 3.44. The largest absolute Gasteiger partial charge is 0.460 e. The van der Waals surface area contributed by atoms with Gasteiger partial charge in [-0.2, -0.15) is 5.26 Å². The summed E-state index contributed by atoms with van der Waals surface area (Å²) in [5.41, 5.74) is 3.75. The monoisotopic (exact) mass is 296 g/mol. The number of esters is 1. The molecule has 0 bridgehead atoms. The number of aromatic amines is 1. The lowest BCUT2D eigenvalue weighted by atomic mass is 10.0. The van der Waals surface area contributed by atoms with Crippen LogP contribution in [0.2, 0.25) is 0 Å². The number of nitriles is 1. The minimum absolute atomic E-state index is 0.135. The van der Waals surface area contributed by atoms with E-state index < -0.39 is 5.60 Å². The fraction of sp³-hybridized carbons (Fsp3) is 0.444. The summed E-state index contributed by atoms with van der Waals surface area (Å²) < 4.78 is 5.41. The highest BCUT2D eigenvalue weighted by Crippen LogP contribution is 2.35. The first-order chi connectivity index (χ1) is 10.4. The molecule has 1 aliphatic carbocycles. The van der Waals surface area contributed by atoms with Gasteiger partial charge in [0.1, 0.15) is 5.60 Å². The molecule has 0 amide bonds. The molecule has 0 aliphatic heterocycles. The molecule has 22 heavy (non-hydrogen) atoms. The van der Waals surface area contributed by atoms with Gasteiger partial charge in [0.25, 0.3) is 0 Å². The van der Waals surface area contributed by atoms with E-state index in [9.17, 15) is 4.79 Å². The van der Waals surface area contributed by atoms with Crippen molar-refractivity contribution in [3.63, 3.8) is 0 Å². The summed E-state index contributed by atoms with van der Waals surface area (Å²) >= 11 is 0. The van der Waals surface area contributed by atoms with Gasteiger partial charge in [-0.25, -0.2) is 0 Å². The summed E-state index contributed by atoms with van der Waals surface area (Å²) in [6.07, 6.45) is 2.17. The molecule has 0 radical (unpaired) electrons. The van der Waals surface area contributed by atoms with Crippen LogP contribution >= 0.6 is 0 Å². The van der Waals surface area contributed by atoms with Crippen LogP contribution in [0.15, 0.2) is 18.2 Å². The van der Waals surface area contributed by atoms with Gasteiger partial charge in [0.2, 0.25) is 0 Å². The smallest absolute Gasteiger partial charge is 0.306 e. The van der Waals surface area contributed by atoms with Crippen LogP contribution in [-0.4, -0.2) is 16.6 Å². The molecular formula is C18H20N2O2. The summed E-state index contributed by atoms with van der Waals surface area (Å²) in [5.74, 6) is 0.149. The number of nitrogens with one attached hydrogen (secondary N) is 1. The predicted molar refractivity (Wildman–Crippen MR) is 84.4 cm³/mol. The van der Waals surface area contributed by atoms with Crippen molar-refractivity contribution < 1.29 is 9.53 Å². The first-order valence-corrected chi connectivity index (χ1v) is 7.61. The van der Waals surface area contributed by atoms with Crippen LogP contribution in [0.3, 0.4) is 0 Å². The third-order valence-electron chi connectivity index (χ3n) is 3.98. The van der Waals surface area contributed by atoms with E-state index in [1.807, 2.05) is 39.0 Å². The van der Waals surface area contributed by atoms with Crippen molar-refractivity contribution in [1.29, 1.82) is 5.26 Å². The molecule has 3 rings (SSSR count). The summed E-state index contributed by atoms with van der Waals surface area (Å²) in [4.78, 5) is 15.4. The second-order valence-electron chi connectivity index (χ2n) is 7.02. The van der Waals surface area contributed by atoms with Crippen LogP contribution in [0.5, 0.6) is 0 Å². The van der Waals surface area contributed by atoms with Crippen molar-refractivity contribution in [1.82, 2.24) is 4.98 Å². The molecule has 1 aliphatic rings. The highest BCUT2D eigenvalue weighted by atomic mass is 16.6. The second-order valence-corrected chi connectivity index (χ2v) is 7.02. The number of hydrogen-bond acceptors (Lipinski definition) is 3. The first kappa shape index (κ1) is 14.6. The molecule has 4 heteroatoms. The maximum absolute atomic E-state index is 12.0. The van der Waals surface area contributed by atoms with E-state index in [-0.39, 0.29) is 11.9 Å². The molecule has 1 heterocycles. The Morgan fingerprint density at radius 3 is 2.86 bits per heavy atom. The normalized spacial score (nSPS) is 17.3. The number of rotatable bonds is 2. The zero-order valence-corrected chi connectivity index (χ0v) is 13.2. The third kappa shape index (κ3) is 2.85. The van der Waals surface area contributed by atoms with E-state index in [0.29, 0.717) is 12.0 Å². The Labute approximate surface area is 130 Å². The van der Waals surface area contributed by atoms with Crippen LogP contribution in [0.4, 0.5) is 0 Å². The van der Waals surface area contributed by atoms with Gasteiger partial charge in [0, 0.05) is 23.0 Å². The van der Waals surface area contributed by atoms with Crippen LogP contribution < -0.4 is 0 Å². The second kappa shape index (κ2) is 5.17. The zero-order valence-electron chi connectivity index (χ0n) is 13.2. The van der Waals surface area contributed by atoms with E-state index in [2.05, 4.69) is 11.1 Å². The number of fused-ring (bicyclic) bond motifs is 3. The number of nitrogens with zero attached hydrogens (tertiary/aromatic N) is 1. The SMILES string of the molecule is CC(C)(C)OC(=O)C[C@@H]1Cc2[nH]c3ccc(C#N)cc3c2C1. The maximum atomic E-state index is 12.0. The van der Waals surface area contributed by atoms with Crippen molar-refractivity contribution in [3.8, 4) is 6.07 Å². The van der Waals surface area contributed by atoms with E-state index >= 15 is 0 Å². The lowest BCUT2D eigenvalue weighted by Crippen LogP contribution is -2.25. The summed E-state index contributed by atoms with van der Waals surface area (Å²) in [6.45, 7) is 5.66. The van der Waals surface area contributed by atoms with E-state index in [1.54, 1.807) is 0 Å². The molecule has 0 saturated carbocycles. The van der Waals surface area contributed by atoms with Gasteiger partial charge in [-0.15, -0.1) is 0 Å². The van der Waals surface area contributed by atoms with Gasteiger partial charge >= 0.3 is 5.97 Å². The summed E-state index contributed by atoms with van der Waals surface area (Å²) in [7, 11) is 0. The summed E-state index contributed by atoms with van der Waals surface area (Å²) in [5, 5.41) is 10.2. The van der Waals surface area contributed by atoms with Crippen molar-refractivity contribution in [2.24, 2.45) is 5.92 Å². The number of H-pyrrole nitrogens is 1. The highest BCUT2D eigenvalue weighted by Gasteiger charge is 2.29. The number of carbonyl (C=O) groups excluding carboxylic acids is 1. The Bertz CT molecular complexity index is 775. The number of hydrogen-bond donors (Lipinski definition) is 1. The van der Waals surface area contributed by atoms with Gasteiger partial charge in [-0.1, -0.05) is 0 Å². The topological polar surface area (TPSA) is 65.9 Å². The Hall–Kier alpha value is -2.28. The minimum atomic E-state index is -0.432. The Morgan fingerprint density at radius 2 is 2.18 bits per heavy atom. The van der Waals surface area contributed by atoms with Crippen molar-refractivity contribution in [2.45, 2.75) is 45.6 Å². The van der Waals surface area contributed by atoms with Gasteiger partial charge in [-0.3, -0.25) is 4.79 Å². The molecule has 1 aromatic carbocycles. The molecule has 2 aromatic rings. The van der Waals surface area contributed by atoms with E-state index in [1.165, 1.54) is 11.3 Å². The molecule has 1 N–H and O–H groups in total. The van der Waals surface area contributed by atoms with E-state index in [4.69, 9.17) is 10.00 Å². The Balaban J connectivity index is 1.76. The van der Waals surface area contributed by atoms with Crippen LogP contribution in [0.1, 0.15) is 44.0 Å². The Morgan fingerprint density at radius 1 is 1.41 bits per heavy atom. The average molecular weight is 296 g/mol. The molecule has 0 spiro atoms. The first-order valence-electron chi connectivity index (χ1n) is 7.61. The number of carbonyl (C=O) groups is 1.